The molecule has 1 aromatic carbocycles. The molecular formula is C18H22N4O. The number of hydrogen-bond acceptors (Lipinski definition) is 3. The molecule has 2 atom stereocenters. The molecule has 4 rings (SSSR count). The van der Waals surface area contributed by atoms with Gasteiger partial charge < -0.3 is 4.90 Å². The Hall–Kier alpha value is -2.17. The highest BCUT2D eigenvalue weighted by Crippen LogP contribution is 2.36. The molecule has 0 N–H and O–H groups in total. The Bertz CT molecular complexity index is 682. The first kappa shape index (κ1) is 14.4. The minimum Gasteiger partial charge on any atom is -0.341 e. The van der Waals surface area contributed by atoms with Gasteiger partial charge in [0.05, 0.1) is 6.04 Å². The second kappa shape index (κ2) is 6.14. The third kappa shape index (κ3) is 2.87. The molecule has 120 valence electrons. The molecule has 2 aliphatic rings. The third-order valence-electron chi connectivity index (χ3n) is 5.24. The second-order valence-electron chi connectivity index (χ2n) is 6.65. The molecule has 1 fully saturated rings. The number of hydrogen-bond donors (Lipinski definition) is 0. The molecule has 23 heavy (non-hydrogen) atoms. The van der Waals surface area contributed by atoms with Gasteiger partial charge >= 0.3 is 0 Å². The van der Waals surface area contributed by atoms with E-state index >= 15 is 0 Å². The first-order valence-corrected chi connectivity index (χ1v) is 8.51. The molecule has 0 unspecified atom stereocenters. The Kier molecular flexibility index (Phi) is 3.85. The van der Waals surface area contributed by atoms with Crippen LogP contribution in [0.4, 0.5) is 0 Å². The van der Waals surface area contributed by atoms with Crippen molar-refractivity contribution in [1.29, 1.82) is 0 Å². The van der Waals surface area contributed by atoms with Crippen molar-refractivity contribution in [2.24, 2.45) is 0 Å². The average molecular weight is 310 g/mol. The largest absolute Gasteiger partial charge is 0.341 e. The summed E-state index contributed by atoms with van der Waals surface area (Å²) in [6.45, 7) is 1.63. The third-order valence-corrected chi connectivity index (χ3v) is 5.24. The number of carbonyl (C=O) groups excluding carboxylic acids is 1. The van der Waals surface area contributed by atoms with Gasteiger partial charge in [0.1, 0.15) is 12.7 Å². The zero-order valence-electron chi connectivity index (χ0n) is 13.3. The van der Waals surface area contributed by atoms with E-state index < -0.39 is 0 Å². The molecule has 1 aliphatic carbocycles. The summed E-state index contributed by atoms with van der Waals surface area (Å²) >= 11 is 0. The molecule has 5 heteroatoms. The molecule has 1 aliphatic heterocycles. The van der Waals surface area contributed by atoms with Crippen molar-refractivity contribution in [3.05, 3.63) is 48.0 Å². The first-order chi connectivity index (χ1) is 11.3. The van der Waals surface area contributed by atoms with Crippen LogP contribution >= 0.6 is 0 Å². The fraction of sp³-hybridized carbons (Fsp3) is 0.500. The number of aromatic nitrogens is 3. The van der Waals surface area contributed by atoms with E-state index in [1.807, 2.05) is 9.58 Å². The van der Waals surface area contributed by atoms with Crippen LogP contribution in [-0.2, 0) is 11.2 Å². The molecule has 5 nitrogen and oxygen atoms in total. The molecule has 0 spiro atoms. The van der Waals surface area contributed by atoms with Gasteiger partial charge in [0.25, 0.3) is 0 Å². The predicted octanol–water partition coefficient (Wildman–Crippen LogP) is 2.56. The van der Waals surface area contributed by atoms with Gasteiger partial charge in [-0.15, -0.1) is 0 Å². The molecular weight excluding hydrogens is 288 g/mol. The Balaban J connectivity index is 1.41. The maximum absolute atomic E-state index is 12.8. The lowest BCUT2D eigenvalue weighted by atomic mass is 9.96. The van der Waals surface area contributed by atoms with E-state index in [4.69, 9.17) is 0 Å². The fourth-order valence-corrected chi connectivity index (χ4v) is 4.00. The fourth-order valence-electron chi connectivity index (χ4n) is 4.00. The Labute approximate surface area is 136 Å². The van der Waals surface area contributed by atoms with Crippen molar-refractivity contribution >= 4 is 5.91 Å². The number of aryl methyl sites for hydroxylation is 1. The predicted molar refractivity (Wildman–Crippen MR) is 87.0 cm³/mol. The summed E-state index contributed by atoms with van der Waals surface area (Å²) in [4.78, 5) is 18.8. The van der Waals surface area contributed by atoms with Crippen molar-refractivity contribution in [2.45, 2.75) is 44.1 Å². The molecule has 2 aromatic rings. The summed E-state index contributed by atoms with van der Waals surface area (Å²) in [7, 11) is 0. The standard InChI is InChI=1S/C18H22N4O/c23-18(10-15-8-7-14-4-1-2-6-17(14)15)21-9-3-5-16(11-21)22-13-19-12-20-22/h1-2,4,6,12-13,15-16H,3,5,7-11H2/t15-,16-/m1/s1. The van der Waals surface area contributed by atoms with Gasteiger partial charge in [-0.25, -0.2) is 9.67 Å². The zero-order chi connectivity index (χ0) is 15.6. The van der Waals surface area contributed by atoms with E-state index in [-0.39, 0.29) is 11.9 Å². The number of likely N-dealkylation sites (tertiary alicyclic amines) is 1. The van der Waals surface area contributed by atoms with E-state index in [1.165, 1.54) is 11.1 Å². The summed E-state index contributed by atoms with van der Waals surface area (Å²) in [6.07, 6.45) is 8.28. The van der Waals surface area contributed by atoms with Gasteiger partial charge in [0.2, 0.25) is 5.91 Å². The van der Waals surface area contributed by atoms with Gasteiger partial charge in [0, 0.05) is 19.5 Å². The van der Waals surface area contributed by atoms with Crippen LogP contribution in [0.3, 0.4) is 0 Å². The molecule has 0 bridgehead atoms. The van der Waals surface area contributed by atoms with Crippen molar-refractivity contribution in [2.75, 3.05) is 13.1 Å². The lowest BCUT2D eigenvalue weighted by Crippen LogP contribution is -2.41. The lowest BCUT2D eigenvalue weighted by molar-refractivity contribution is -0.133. The smallest absolute Gasteiger partial charge is 0.223 e. The van der Waals surface area contributed by atoms with Crippen LogP contribution in [0.2, 0.25) is 0 Å². The van der Waals surface area contributed by atoms with Crippen LogP contribution < -0.4 is 0 Å². The number of benzene rings is 1. The number of carbonyl (C=O) groups is 1. The highest BCUT2D eigenvalue weighted by atomic mass is 16.2. The number of nitrogens with zero attached hydrogens (tertiary/aromatic N) is 4. The van der Waals surface area contributed by atoms with E-state index in [0.29, 0.717) is 12.3 Å². The van der Waals surface area contributed by atoms with Crippen molar-refractivity contribution in [3.63, 3.8) is 0 Å². The molecule has 2 heterocycles. The second-order valence-corrected chi connectivity index (χ2v) is 6.65. The Morgan fingerprint density at radius 3 is 3.04 bits per heavy atom. The summed E-state index contributed by atoms with van der Waals surface area (Å²) in [5.41, 5.74) is 2.80. The average Bonchev–Trinajstić information content (AvgIpc) is 3.25. The molecule has 1 saturated heterocycles. The quantitative estimate of drug-likeness (QED) is 0.875. The summed E-state index contributed by atoms with van der Waals surface area (Å²) < 4.78 is 1.89. The van der Waals surface area contributed by atoms with Gasteiger partial charge in [-0.2, -0.15) is 5.10 Å². The Morgan fingerprint density at radius 1 is 1.26 bits per heavy atom. The van der Waals surface area contributed by atoms with Gasteiger partial charge in [-0.05, 0) is 42.7 Å². The normalized spacial score (nSPS) is 23.7. The number of piperidine rings is 1. The van der Waals surface area contributed by atoms with Crippen LogP contribution in [0.25, 0.3) is 0 Å². The van der Waals surface area contributed by atoms with Gasteiger partial charge in [-0.3, -0.25) is 4.79 Å². The minimum atomic E-state index is 0.270. The van der Waals surface area contributed by atoms with Crippen molar-refractivity contribution < 1.29 is 4.79 Å². The summed E-state index contributed by atoms with van der Waals surface area (Å²) in [6, 6.07) is 8.83. The lowest BCUT2D eigenvalue weighted by Gasteiger charge is -2.33. The Morgan fingerprint density at radius 2 is 2.17 bits per heavy atom. The number of rotatable bonds is 3. The monoisotopic (exact) mass is 310 g/mol. The highest BCUT2D eigenvalue weighted by Gasteiger charge is 2.29. The van der Waals surface area contributed by atoms with E-state index in [9.17, 15) is 4.79 Å². The molecule has 1 aromatic heterocycles. The van der Waals surface area contributed by atoms with E-state index in [2.05, 4.69) is 34.3 Å². The van der Waals surface area contributed by atoms with Crippen molar-refractivity contribution in [3.8, 4) is 0 Å². The minimum absolute atomic E-state index is 0.270. The molecule has 1 amide bonds. The SMILES string of the molecule is O=C(C[C@H]1CCc2ccccc21)N1CCC[C@@H](n2cncn2)C1. The van der Waals surface area contributed by atoms with E-state index in [0.717, 1.165) is 38.8 Å². The van der Waals surface area contributed by atoms with Crippen LogP contribution in [0.15, 0.2) is 36.9 Å². The maximum Gasteiger partial charge on any atom is 0.223 e. The van der Waals surface area contributed by atoms with Gasteiger partial charge in [0.15, 0.2) is 0 Å². The molecule has 0 saturated carbocycles. The number of fused-ring (bicyclic) bond motifs is 1. The van der Waals surface area contributed by atoms with Crippen LogP contribution in [-0.4, -0.2) is 38.7 Å². The van der Waals surface area contributed by atoms with Gasteiger partial charge in [-0.1, -0.05) is 24.3 Å². The summed E-state index contributed by atoms with van der Waals surface area (Å²) in [5, 5.41) is 4.23. The van der Waals surface area contributed by atoms with E-state index in [1.54, 1.807) is 12.7 Å². The maximum atomic E-state index is 12.8. The molecule has 0 radical (unpaired) electrons. The number of amides is 1. The highest BCUT2D eigenvalue weighted by molar-refractivity contribution is 5.77. The summed E-state index contributed by atoms with van der Waals surface area (Å²) in [5.74, 6) is 0.682. The van der Waals surface area contributed by atoms with Crippen molar-refractivity contribution in [1.82, 2.24) is 19.7 Å². The first-order valence-electron chi connectivity index (χ1n) is 8.51. The zero-order valence-corrected chi connectivity index (χ0v) is 13.3. The van der Waals surface area contributed by atoms with Crippen LogP contribution in [0.5, 0.6) is 0 Å². The van der Waals surface area contributed by atoms with Crippen LogP contribution in [0.1, 0.15) is 48.8 Å². The van der Waals surface area contributed by atoms with Crippen LogP contribution in [0, 0.1) is 0 Å². The topological polar surface area (TPSA) is 51.0 Å².